The van der Waals surface area contributed by atoms with Crippen molar-refractivity contribution in [2.75, 3.05) is 39.6 Å². The quantitative estimate of drug-likeness (QED) is 0.507. The summed E-state index contributed by atoms with van der Waals surface area (Å²) in [7, 11) is 0. The highest BCUT2D eigenvalue weighted by Crippen LogP contribution is 2.09. The molecule has 0 saturated carbocycles. The number of nitrogens with two attached hydrogens (primary N) is 2. The summed E-state index contributed by atoms with van der Waals surface area (Å²) >= 11 is 0. The molecule has 0 aromatic rings. The van der Waals surface area contributed by atoms with E-state index in [2.05, 4.69) is 0 Å². The van der Waals surface area contributed by atoms with Crippen LogP contribution in [0.25, 0.3) is 0 Å². The molecule has 6 nitrogen and oxygen atoms in total. The molecular weight excluding hydrogens is 283 g/mol. The first kappa shape index (κ1) is 20.7. The summed E-state index contributed by atoms with van der Waals surface area (Å²) in [5, 5.41) is 17.2. The SMILES string of the molecule is Cl.Cl.N[C@@H]1COC[C@H]1CO.N[C@H]1COC[C@@H]1CO. The van der Waals surface area contributed by atoms with Crippen LogP contribution in [0.15, 0.2) is 0 Å². The second-order valence-electron chi connectivity index (χ2n) is 4.29. The van der Waals surface area contributed by atoms with Gasteiger partial charge in [-0.1, -0.05) is 0 Å². The molecule has 0 radical (unpaired) electrons. The molecule has 0 aliphatic carbocycles. The fourth-order valence-corrected chi connectivity index (χ4v) is 1.61. The fourth-order valence-electron chi connectivity index (χ4n) is 1.61. The minimum atomic E-state index is 0. The molecule has 6 N–H and O–H groups in total. The summed E-state index contributed by atoms with van der Waals surface area (Å²) in [6.07, 6.45) is 0. The smallest absolute Gasteiger partial charge is 0.0622 e. The first-order valence-corrected chi connectivity index (χ1v) is 5.57. The van der Waals surface area contributed by atoms with Gasteiger partial charge >= 0.3 is 0 Å². The number of halogens is 2. The van der Waals surface area contributed by atoms with Crippen molar-refractivity contribution >= 4 is 24.8 Å². The average Bonchev–Trinajstić information content (AvgIpc) is 2.87. The maximum atomic E-state index is 8.58. The molecule has 0 spiro atoms. The van der Waals surface area contributed by atoms with Crippen molar-refractivity contribution in [2.45, 2.75) is 12.1 Å². The highest BCUT2D eigenvalue weighted by Gasteiger charge is 2.23. The number of aliphatic hydroxyl groups is 2. The highest BCUT2D eigenvalue weighted by molar-refractivity contribution is 5.85. The van der Waals surface area contributed by atoms with E-state index < -0.39 is 0 Å². The molecule has 2 saturated heterocycles. The summed E-state index contributed by atoms with van der Waals surface area (Å²) in [6.45, 7) is 2.76. The zero-order valence-electron chi connectivity index (χ0n) is 10.2. The lowest BCUT2D eigenvalue weighted by molar-refractivity contribution is 0.160. The van der Waals surface area contributed by atoms with E-state index in [1.165, 1.54) is 0 Å². The number of hydrogen-bond donors (Lipinski definition) is 4. The van der Waals surface area contributed by atoms with Crippen molar-refractivity contribution in [3.63, 3.8) is 0 Å². The maximum Gasteiger partial charge on any atom is 0.0622 e. The minimum Gasteiger partial charge on any atom is -0.396 e. The Hall–Kier alpha value is 0.340. The Labute approximate surface area is 120 Å². The molecule has 0 aromatic carbocycles. The summed E-state index contributed by atoms with van der Waals surface area (Å²) in [5.74, 6) is 0.352. The highest BCUT2D eigenvalue weighted by atomic mass is 35.5. The van der Waals surface area contributed by atoms with Gasteiger partial charge in [0.1, 0.15) is 0 Å². The van der Waals surface area contributed by atoms with E-state index in [4.69, 9.17) is 31.2 Å². The van der Waals surface area contributed by atoms with Crippen LogP contribution in [0.1, 0.15) is 0 Å². The molecule has 0 unspecified atom stereocenters. The van der Waals surface area contributed by atoms with Gasteiger partial charge in [-0.3, -0.25) is 0 Å². The number of rotatable bonds is 2. The molecule has 0 aromatic heterocycles. The van der Waals surface area contributed by atoms with Crippen molar-refractivity contribution in [3.05, 3.63) is 0 Å². The Bertz CT molecular complexity index is 183. The first-order valence-electron chi connectivity index (χ1n) is 5.57. The molecule has 112 valence electrons. The van der Waals surface area contributed by atoms with Gasteiger partial charge in [0.25, 0.3) is 0 Å². The van der Waals surface area contributed by atoms with E-state index in [0.717, 1.165) is 0 Å². The van der Waals surface area contributed by atoms with E-state index in [1.54, 1.807) is 0 Å². The van der Waals surface area contributed by atoms with Gasteiger partial charge in [0.15, 0.2) is 0 Å². The standard InChI is InChI=1S/2C5H11NO2.2ClH/c2*6-5-3-8-2-4(5)1-7;;/h2*4-5,7H,1-3,6H2;2*1H/t2*4-,5-;;/m10../s1. The van der Waals surface area contributed by atoms with Crippen LogP contribution >= 0.6 is 24.8 Å². The van der Waals surface area contributed by atoms with E-state index in [1.807, 2.05) is 0 Å². The topological polar surface area (TPSA) is 111 Å². The van der Waals surface area contributed by atoms with Gasteiger partial charge in [-0.25, -0.2) is 0 Å². The van der Waals surface area contributed by atoms with Crippen LogP contribution in [-0.2, 0) is 9.47 Å². The monoisotopic (exact) mass is 306 g/mol. The van der Waals surface area contributed by atoms with Crippen LogP contribution in [0.5, 0.6) is 0 Å². The molecule has 2 rings (SSSR count). The number of ether oxygens (including phenoxy) is 2. The van der Waals surface area contributed by atoms with Gasteiger partial charge in [-0.15, -0.1) is 24.8 Å². The van der Waals surface area contributed by atoms with Crippen LogP contribution in [-0.4, -0.2) is 61.9 Å². The lowest BCUT2D eigenvalue weighted by Gasteiger charge is -2.06. The number of hydrogen-bond acceptors (Lipinski definition) is 6. The van der Waals surface area contributed by atoms with Gasteiger partial charge in [0.05, 0.1) is 26.4 Å². The molecule has 4 atom stereocenters. The third kappa shape index (κ3) is 6.49. The summed E-state index contributed by atoms with van der Waals surface area (Å²) in [6, 6.07) is 0.111. The van der Waals surface area contributed by atoms with Gasteiger partial charge in [-0.2, -0.15) is 0 Å². The molecule has 2 fully saturated rings. The minimum absolute atomic E-state index is 0. The predicted molar refractivity (Wildman–Crippen MR) is 73.2 cm³/mol. The molecule has 0 bridgehead atoms. The largest absolute Gasteiger partial charge is 0.396 e. The zero-order valence-corrected chi connectivity index (χ0v) is 11.9. The lowest BCUT2D eigenvalue weighted by Crippen LogP contribution is -2.30. The normalized spacial score (nSPS) is 34.0. The third-order valence-corrected chi connectivity index (χ3v) is 2.96. The van der Waals surface area contributed by atoms with Crippen LogP contribution < -0.4 is 11.5 Å². The van der Waals surface area contributed by atoms with Crippen LogP contribution in [0.2, 0.25) is 0 Å². The van der Waals surface area contributed by atoms with Crippen LogP contribution in [0.4, 0.5) is 0 Å². The Morgan fingerprint density at radius 2 is 1.11 bits per heavy atom. The van der Waals surface area contributed by atoms with E-state index in [-0.39, 0.29) is 61.9 Å². The fraction of sp³-hybridized carbons (Fsp3) is 1.00. The summed E-state index contributed by atoms with van der Waals surface area (Å²) in [4.78, 5) is 0. The van der Waals surface area contributed by atoms with E-state index in [0.29, 0.717) is 26.4 Å². The molecule has 2 heterocycles. The van der Waals surface area contributed by atoms with Crippen LogP contribution in [0, 0.1) is 11.8 Å². The molecular formula is C10H24Cl2N2O4. The van der Waals surface area contributed by atoms with Crippen LogP contribution in [0.3, 0.4) is 0 Å². The van der Waals surface area contributed by atoms with E-state index in [9.17, 15) is 0 Å². The van der Waals surface area contributed by atoms with Crippen molar-refractivity contribution in [2.24, 2.45) is 23.3 Å². The molecule has 0 amide bonds. The van der Waals surface area contributed by atoms with Crippen molar-refractivity contribution < 1.29 is 19.7 Å². The maximum absolute atomic E-state index is 8.58. The summed E-state index contributed by atoms with van der Waals surface area (Å²) in [5.41, 5.74) is 11.0. The molecule has 18 heavy (non-hydrogen) atoms. The van der Waals surface area contributed by atoms with Crippen molar-refractivity contribution in [1.82, 2.24) is 0 Å². The zero-order chi connectivity index (χ0) is 12.0. The van der Waals surface area contributed by atoms with Gasteiger partial charge in [0, 0.05) is 37.1 Å². The van der Waals surface area contributed by atoms with Crippen molar-refractivity contribution in [1.29, 1.82) is 0 Å². The predicted octanol–water partition coefficient (Wildman–Crippen LogP) is -1.25. The van der Waals surface area contributed by atoms with Crippen molar-refractivity contribution in [3.8, 4) is 0 Å². The first-order chi connectivity index (χ1) is 7.69. The molecule has 2 aliphatic heterocycles. The Morgan fingerprint density at radius 1 is 0.778 bits per heavy atom. The lowest BCUT2D eigenvalue weighted by atomic mass is 10.1. The van der Waals surface area contributed by atoms with E-state index >= 15 is 0 Å². The average molecular weight is 307 g/mol. The Balaban J connectivity index is 0. The third-order valence-electron chi connectivity index (χ3n) is 2.96. The second kappa shape index (κ2) is 11.2. The molecule has 2 aliphatic rings. The number of aliphatic hydroxyl groups excluding tert-OH is 2. The molecule has 8 heteroatoms. The Kier molecular flexibility index (Phi) is 12.8. The van der Waals surface area contributed by atoms with Gasteiger partial charge in [-0.05, 0) is 0 Å². The van der Waals surface area contributed by atoms with Gasteiger partial charge in [0.2, 0.25) is 0 Å². The summed E-state index contributed by atoms with van der Waals surface area (Å²) < 4.78 is 9.95. The van der Waals surface area contributed by atoms with Gasteiger partial charge < -0.3 is 31.2 Å². The second-order valence-corrected chi connectivity index (χ2v) is 4.29. The Morgan fingerprint density at radius 3 is 1.22 bits per heavy atom.